The summed E-state index contributed by atoms with van der Waals surface area (Å²) in [6.07, 6.45) is 20.7. The van der Waals surface area contributed by atoms with Gasteiger partial charge in [0.1, 0.15) is 5.76 Å². The molecule has 0 spiro atoms. The van der Waals surface area contributed by atoms with Crippen LogP contribution in [0.2, 0.25) is 0 Å². The summed E-state index contributed by atoms with van der Waals surface area (Å²) in [6, 6.07) is 0. The summed E-state index contributed by atoms with van der Waals surface area (Å²) in [5, 5.41) is 0. The number of carbonyl (C=O) groups excluding carboxylic acids is 1. The molecule has 2 fully saturated rings. The quantitative estimate of drug-likeness (QED) is 0.408. The number of esters is 1. The summed E-state index contributed by atoms with van der Waals surface area (Å²) in [4.78, 5) is 11.4. The Bertz CT molecular complexity index is 841. The van der Waals surface area contributed by atoms with Crippen molar-refractivity contribution < 1.29 is 9.53 Å². The molecule has 0 aromatic heterocycles. The molecule has 0 aromatic carbocycles. The molecule has 170 valence electrons. The first kappa shape index (κ1) is 22.6. The van der Waals surface area contributed by atoms with Crippen LogP contribution in [0.15, 0.2) is 47.3 Å². The van der Waals surface area contributed by atoms with E-state index in [-0.39, 0.29) is 11.4 Å². The number of carbonyl (C=O) groups is 1. The lowest BCUT2D eigenvalue weighted by Crippen LogP contribution is -2.44. The molecule has 31 heavy (non-hydrogen) atoms. The Kier molecular flexibility index (Phi) is 6.14. The zero-order valence-corrected chi connectivity index (χ0v) is 20.5. The lowest BCUT2D eigenvalue weighted by molar-refractivity contribution is -0.136. The molecule has 0 saturated heterocycles. The summed E-state index contributed by atoms with van der Waals surface area (Å²) >= 11 is 0. The number of allylic oxidation sites excluding steroid dienone is 7. The molecule has 0 N–H and O–H groups in total. The fourth-order valence-electron chi connectivity index (χ4n) is 7.57. The van der Waals surface area contributed by atoms with Crippen LogP contribution in [-0.2, 0) is 9.53 Å². The maximum atomic E-state index is 11.4. The Balaban J connectivity index is 1.55. The van der Waals surface area contributed by atoms with Crippen LogP contribution in [0.4, 0.5) is 0 Å². The van der Waals surface area contributed by atoms with E-state index in [4.69, 9.17) is 4.74 Å². The molecule has 2 nitrogen and oxygen atoms in total. The average molecular weight is 423 g/mol. The smallest absolute Gasteiger partial charge is 0.308 e. The lowest BCUT2D eigenvalue weighted by atomic mass is 9.51. The minimum Gasteiger partial charge on any atom is -0.427 e. The highest BCUT2D eigenvalue weighted by Crippen LogP contribution is 2.65. The van der Waals surface area contributed by atoms with E-state index in [1.165, 1.54) is 57.4 Å². The molecule has 4 aliphatic rings. The monoisotopic (exact) mass is 422 g/mol. The van der Waals surface area contributed by atoms with Crippen molar-refractivity contribution >= 4 is 5.97 Å². The summed E-state index contributed by atoms with van der Waals surface area (Å²) in [5.74, 6) is 4.24. The van der Waals surface area contributed by atoms with Crippen molar-refractivity contribution in [1.29, 1.82) is 0 Å². The number of hydrogen-bond acceptors (Lipinski definition) is 2. The molecule has 0 radical (unpaired) electrons. The van der Waals surface area contributed by atoms with Gasteiger partial charge in [0.25, 0.3) is 0 Å². The Morgan fingerprint density at radius 2 is 1.87 bits per heavy atom. The predicted molar refractivity (Wildman–Crippen MR) is 128 cm³/mol. The largest absolute Gasteiger partial charge is 0.427 e. The second kappa shape index (κ2) is 8.41. The first-order valence-electron chi connectivity index (χ1n) is 12.7. The normalized spacial score (nSPS) is 37.3. The molecule has 0 aliphatic heterocycles. The fraction of sp³-hybridized carbons (Fsp3) is 0.690. The van der Waals surface area contributed by atoms with Crippen LogP contribution in [0, 0.1) is 40.4 Å². The number of fused-ring (bicyclic) bond motifs is 5. The first-order valence-corrected chi connectivity index (χ1v) is 12.7. The van der Waals surface area contributed by atoms with Gasteiger partial charge in [-0.15, -0.1) is 0 Å². The molecular formula is C29H42O2. The van der Waals surface area contributed by atoms with Crippen molar-refractivity contribution in [3.63, 3.8) is 0 Å². The third-order valence-electron chi connectivity index (χ3n) is 9.27. The van der Waals surface area contributed by atoms with Gasteiger partial charge in [0, 0.05) is 12.3 Å². The van der Waals surface area contributed by atoms with Crippen LogP contribution in [-0.4, -0.2) is 5.97 Å². The number of ether oxygens (including phenoxy) is 1. The van der Waals surface area contributed by atoms with E-state index >= 15 is 0 Å². The summed E-state index contributed by atoms with van der Waals surface area (Å²) in [6.45, 7) is 13.7. The Morgan fingerprint density at radius 3 is 2.58 bits per heavy atom. The van der Waals surface area contributed by atoms with Gasteiger partial charge in [-0.25, -0.2) is 0 Å². The van der Waals surface area contributed by atoms with E-state index in [0.29, 0.717) is 17.1 Å². The summed E-state index contributed by atoms with van der Waals surface area (Å²) in [5.41, 5.74) is 3.47. The highest BCUT2D eigenvalue weighted by atomic mass is 16.5. The zero-order valence-electron chi connectivity index (χ0n) is 20.5. The summed E-state index contributed by atoms with van der Waals surface area (Å²) < 4.78 is 5.37. The van der Waals surface area contributed by atoms with Crippen molar-refractivity contribution in [2.24, 2.45) is 40.4 Å². The molecule has 0 unspecified atom stereocenters. The van der Waals surface area contributed by atoms with Crippen LogP contribution >= 0.6 is 0 Å². The highest BCUT2D eigenvalue weighted by molar-refractivity contribution is 5.68. The van der Waals surface area contributed by atoms with E-state index < -0.39 is 0 Å². The molecule has 4 rings (SSSR count). The number of hydrogen-bond donors (Lipinski definition) is 0. The average Bonchev–Trinajstić information content (AvgIpc) is 3.05. The topological polar surface area (TPSA) is 26.3 Å². The van der Waals surface area contributed by atoms with Gasteiger partial charge in [-0.1, -0.05) is 77.7 Å². The van der Waals surface area contributed by atoms with Crippen LogP contribution in [0.3, 0.4) is 0 Å². The third-order valence-corrected chi connectivity index (χ3v) is 9.27. The van der Waals surface area contributed by atoms with Gasteiger partial charge < -0.3 is 4.74 Å². The van der Waals surface area contributed by atoms with Crippen molar-refractivity contribution in [2.45, 2.75) is 86.5 Å². The molecule has 4 aliphatic carbocycles. The third kappa shape index (κ3) is 4.00. The molecule has 2 heteroatoms. The minimum absolute atomic E-state index is 0.0238. The minimum atomic E-state index is -0.250. The maximum Gasteiger partial charge on any atom is 0.308 e. The summed E-state index contributed by atoms with van der Waals surface area (Å²) in [7, 11) is 0. The van der Waals surface area contributed by atoms with E-state index in [0.717, 1.165) is 23.7 Å². The van der Waals surface area contributed by atoms with E-state index in [2.05, 4.69) is 58.9 Å². The standard InChI is InChI=1S/C29H42O2/c1-19(2)8-7-9-20(3)25-12-13-26-24-11-10-22-18-23(31-21(4)30)14-16-28(22,5)27(24)15-17-29(25,26)6/h10-11,14,16,18-20,25-27H,7-9,12-13,15,17H2,1-6H3/t20-,25-,26+,27+,28+,29-/m1/s1. The lowest BCUT2D eigenvalue weighted by Gasteiger charge is -2.53. The Morgan fingerprint density at radius 1 is 1.10 bits per heavy atom. The van der Waals surface area contributed by atoms with Gasteiger partial charge in [0.2, 0.25) is 0 Å². The van der Waals surface area contributed by atoms with Gasteiger partial charge >= 0.3 is 5.97 Å². The highest BCUT2D eigenvalue weighted by Gasteiger charge is 2.56. The second-order valence-electron chi connectivity index (χ2n) is 11.7. The van der Waals surface area contributed by atoms with Gasteiger partial charge in [0.05, 0.1) is 0 Å². The van der Waals surface area contributed by atoms with Crippen molar-refractivity contribution in [3.8, 4) is 0 Å². The van der Waals surface area contributed by atoms with Crippen LogP contribution in [0.25, 0.3) is 0 Å². The van der Waals surface area contributed by atoms with Crippen LogP contribution in [0.5, 0.6) is 0 Å². The van der Waals surface area contributed by atoms with Crippen LogP contribution in [0.1, 0.15) is 86.5 Å². The molecule has 2 saturated carbocycles. The van der Waals surface area contributed by atoms with E-state index in [1.54, 1.807) is 5.57 Å². The number of rotatable bonds is 6. The van der Waals surface area contributed by atoms with Gasteiger partial charge in [0.15, 0.2) is 0 Å². The second-order valence-corrected chi connectivity index (χ2v) is 11.7. The van der Waals surface area contributed by atoms with Crippen LogP contribution < -0.4 is 0 Å². The van der Waals surface area contributed by atoms with Gasteiger partial charge in [-0.05, 0) is 78.4 Å². The first-order chi connectivity index (χ1) is 14.6. The van der Waals surface area contributed by atoms with Gasteiger partial charge in [-0.3, -0.25) is 4.79 Å². The molecule has 0 amide bonds. The SMILES string of the molecule is CC(=O)OC1=CC2=CC=C3[C@@H]4CC[C@H]([C@H](C)CCCC(C)C)[C@@]4(C)CC[C@@H]3[C@@]2(C)C=C1. The molecule has 0 bridgehead atoms. The van der Waals surface area contributed by atoms with Crippen molar-refractivity contribution in [3.05, 3.63) is 47.3 Å². The predicted octanol–water partition coefficient (Wildman–Crippen LogP) is 7.78. The van der Waals surface area contributed by atoms with Crippen molar-refractivity contribution in [2.75, 3.05) is 0 Å². The molecule has 6 atom stereocenters. The van der Waals surface area contributed by atoms with E-state index in [1.807, 2.05) is 6.08 Å². The Hall–Kier alpha value is -1.57. The Labute approximate surface area is 189 Å². The molecular weight excluding hydrogens is 380 g/mol. The van der Waals surface area contributed by atoms with Crippen molar-refractivity contribution in [1.82, 2.24) is 0 Å². The molecule has 0 heterocycles. The maximum absolute atomic E-state index is 11.4. The van der Waals surface area contributed by atoms with E-state index in [9.17, 15) is 4.79 Å². The fourth-order valence-corrected chi connectivity index (χ4v) is 7.57. The molecule has 0 aromatic rings. The van der Waals surface area contributed by atoms with Gasteiger partial charge in [-0.2, -0.15) is 0 Å². The zero-order chi connectivity index (χ0) is 22.4.